The molecule has 5 heteroatoms. The van der Waals surface area contributed by atoms with Crippen LogP contribution in [0.2, 0.25) is 0 Å². The van der Waals surface area contributed by atoms with Gasteiger partial charge in [-0.05, 0) is 37.8 Å². The van der Waals surface area contributed by atoms with Crippen LogP contribution in [0.15, 0.2) is 30.3 Å². The van der Waals surface area contributed by atoms with Crippen molar-refractivity contribution in [2.45, 2.75) is 57.4 Å². The summed E-state index contributed by atoms with van der Waals surface area (Å²) in [6.07, 6.45) is 9.40. The predicted octanol–water partition coefficient (Wildman–Crippen LogP) is 2.97. The molecule has 5 nitrogen and oxygen atoms in total. The van der Waals surface area contributed by atoms with Gasteiger partial charge in [0.1, 0.15) is 0 Å². The summed E-state index contributed by atoms with van der Waals surface area (Å²) in [5.74, 6) is 0.245. The molecule has 1 saturated carbocycles. The molecule has 0 bridgehead atoms. The van der Waals surface area contributed by atoms with Crippen LogP contribution in [0.25, 0.3) is 0 Å². The van der Waals surface area contributed by atoms with E-state index in [0.29, 0.717) is 25.7 Å². The summed E-state index contributed by atoms with van der Waals surface area (Å²) >= 11 is 0. The van der Waals surface area contributed by atoms with Crippen molar-refractivity contribution in [2.75, 3.05) is 26.2 Å². The van der Waals surface area contributed by atoms with E-state index in [9.17, 15) is 9.59 Å². The van der Waals surface area contributed by atoms with Crippen LogP contribution in [0, 0.1) is 5.92 Å². The number of carbonyl (C=O) groups excluding carboxylic acids is 2. The Hall–Kier alpha value is -1.88. The van der Waals surface area contributed by atoms with E-state index in [-0.39, 0.29) is 17.7 Å². The Morgan fingerprint density at radius 2 is 1.56 bits per heavy atom. The number of piperidine rings is 1. The maximum atomic E-state index is 12.5. The van der Waals surface area contributed by atoms with E-state index in [4.69, 9.17) is 0 Å². The first-order chi connectivity index (χ1) is 13.2. The average Bonchev–Trinajstić information content (AvgIpc) is 3.00. The van der Waals surface area contributed by atoms with Gasteiger partial charge in [0.2, 0.25) is 5.91 Å². The van der Waals surface area contributed by atoms with Crippen molar-refractivity contribution in [3.05, 3.63) is 35.9 Å². The van der Waals surface area contributed by atoms with E-state index < -0.39 is 0 Å². The number of hydrogen-bond donors (Lipinski definition) is 2. The van der Waals surface area contributed by atoms with Crippen LogP contribution in [0.1, 0.15) is 61.7 Å². The molecule has 3 rings (SSSR count). The van der Waals surface area contributed by atoms with Gasteiger partial charge >= 0.3 is 0 Å². The molecule has 2 aliphatic rings. The zero-order chi connectivity index (χ0) is 18.9. The smallest absolute Gasteiger partial charge is 0.253 e. The fraction of sp³-hybridized carbons (Fsp3) is 0.636. The van der Waals surface area contributed by atoms with Gasteiger partial charge in [0.05, 0.1) is 0 Å². The van der Waals surface area contributed by atoms with Gasteiger partial charge in [-0.2, -0.15) is 0 Å². The van der Waals surface area contributed by atoms with Gasteiger partial charge in [0, 0.05) is 43.7 Å². The highest BCUT2D eigenvalue weighted by atomic mass is 16.2. The Bertz CT molecular complexity index is 589. The molecule has 1 aliphatic heterocycles. The van der Waals surface area contributed by atoms with Crippen LogP contribution in [-0.4, -0.2) is 48.9 Å². The van der Waals surface area contributed by atoms with E-state index in [1.807, 2.05) is 35.2 Å². The first-order valence-corrected chi connectivity index (χ1v) is 10.6. The normalized spacial score (nSPS) is 19.5. The SMILES string of the molecule is O=C(NCCNC1CCCCCC1)C1CCN(C(=O)c2ccccc2)CC1. The molecule has 0 unspecified atom stereocenters. The third kappa shape index (κ3) is 6.06. The minimum atomic E-state index is 0.0303. The maximum absolute atomic E-state index is 12.5. The molecule has 1 aromatic rings. The zero-order valence-corrected chi connectivity index (χ0v) is 16.3. The number of benzene rings is 1. The van der Waals surface area contributed by atoms with E-state index in [2.05, 4.69) is 10.6 Å². The Balaban J connectivity index is 1.33. The number of nitrogens with zero attached hydrogens (tertiary/aromatic N) is 1. The third-order valence-corrected chi connectivity index (χ3v) is 5.89. The average molecular weight is 372 g/mol. The molecule has 148 valence electrons. The summed E-state index contributed by atoms with van der Waals surface area (Å²) in [7, 11) is 0. The Kier molecular flexibility index (Phi) is 7.69. The number of rotatable bonds is 6. The maximum Gasteiger partial charge on any atom is 0.253 e. The second-order valence-electron chi connectivity index (χ2n) is 7.87. The van der Waals surface area contributed by atoms with E-state index >= 15 is 0 Å². The lowest BCUT2D eigenvalue weighted by atomic mass is 9.95. The van der Waals surface area contributed by atoms with Gasteiger partial charge in [0.25, 0.3) is 5.91 Å². The van der Waals surface area contributed by atoms with Crippen molar-refractivity contribution in [3.8, 4) is 0 Å². The molecule has 0 radical (unpaired) electrons. The number of likely N-dealkylation sites (tertiary alicyclic amines) is 1. The molecular formula is C22H33N3O2. The van der Waals surface area contributed by atoms with Crippen molar-refractivity contribution < 1.29 is 9.59 Å². The molecule has 2 amide bonds. The number of hydrogen-bond acceptors (Lipinski definition) is 3. The largest absolute Gasteiger partial charge is 0.355 e. The first-order valence-electron chi connectivity index (χ1n) is 10.6. The van der Waals surface area contributed by atoms with Crippen molar-refractivity contribution >= 4 is 11.8 Å². The lowest BCUT2D eigenvalue weighted by Gasteiger charge is -2.31. The summed E-state index contributed by atoms with van der Waals surface area (Å²) < 4.78 is 0. The third-order valence-electron chi connectivity index (χ3n) is 5.89. The summed E-state index contributed by atoms with van der Waals surface area (Å²) in [6, 6.07) is 10.0. The topological polar surface area (TPSA) is 61.4 Å². The van der Waals surface area contributed by atoms with Crippen LogP contribution < -0.4 is 10.6 Å². The zero-order valence-electron chi connectivity index (χ0n) is 16.3. The Labute approximate surface area is 162 Å². The highest BCUT2D eigenvalue weighted by molar-refractivity contribution is 5.94. The monoisotopic (exact) mass is 371 g/mol. The minimum Gasteiger partial charge on any atom is -0.355 e. The van der Waals surface area contributed by atoms with Crippen LogP contribution in [-0.2, 0) is 4.79 Å². The second-order valence-corrected chi connectivity index (χ2v) is 7.87. The molecule has 0 aromatic heterocycles. The molecule has 1 heterocycles. The Morgan fingerprint density at radius 1 is 0.889 bits per heavy atom. The van der Waals surface area contributed by atoms with E-state index in [1.54, 1.807) is 0 Å². The molecule has 1 aromatic carbocycles. The lowest BCUT2D eigenvalue weighted by Crippen LogP contribution is -2.44. The summed E-state index contributed by atoms with van der Waals surface area (Å²) in [5.41, 5.74) is 0.727. The van der Waals surface area contributed by atoms with Crippen molar-refractivity contribution in [1.29, 1.82) is 0 Å². The summed E-state index contributed by atoms with van der Waals surface area (Å²) in [6.45, 7) is 2.86. The fourth-order valence-corrected chi connectivity index (χ4v) is 4.20. The molecule has 2 N–H and O–H groups in total. The van der Waals surface area contributed by atoms with Crippen LogP contribution in [0.5, 0.6) is 0 Å². The Morgan fingerprint density at radius 3 is 2.22 bits per heavy atom. The quantitative estimate of drug-likeness (QED) is 0.597. The highest BCUT2D eigenvalue weighted by Gasteiger charge is 2.27. The van der Waals surface area contributed by atoms with E-state index in [1.165, 1.54) is 38.5 Å². The molecule has 2 fully saturated rings. The predicted molar refractivity (Wildman–Crippen MR) is 108 cm³/mol. The van der Waals surface area contributed by atoms with Gasteiger partial charge in [-0.25, -0.2) is 0 Å². The molecule has 27 heavy (non-hydrogen) atoms. The van der Waals surface area contributed by atoms with Crippen molar-refractivity contribution in [2.24, 2.45) is 5.92 Å². The van der Waals surface area contributed by atoms with Gasteiger partial charge in [0.15, 0.2) is 0 Å². The number of nitrogens with one attached hydrogen (secondary N) is 2. The summed E-state index contributed by atoms with van der Waals surface area (Å²) in [4.78, 5) is 26.8. The van der Waals surface area contributed by atoms with Crippen molar-refractivity contribution in [3.63, 3.8) is 0 Å². The molecule has 0 atom stereocenters. The van der Waals surface area contributed by atoms with Crippen LogP contribution in [0.4, 0.5) is 0 Å². The van der Waals surface area contributed by atoms with Crippen molar-refractivity contribution in [1.82, 2.24) is 15.5 Å². The van der Waals surface area contributed by atoms with Gasteiger partial charge in [-0.15, -0.1) is 0 Å². The van der Waals surface area contributed by atoms with Gasteiger partial charge in [-0.1, -0.05) is 43.9 Å². The van der Waals surface area contributed by atoms with Crippen LogP contribution >= 0.6 is 0 Å². The van der Waals surface area contributed by atoms with Crippen LogP contribution in [0.3, 0.4) is 0 Å². The number of carbonyl (C=O) groups is 2. The summed E-state index contributed by atoms with van der Waals surface area (Å²) in [5, 5.41) is 6.67. The lowest BCUT2D eigenvalue weighted by molar-refractivity contribution is -0.126. The fourth-order valence-electron chi connectivity index (χ4n) is 4.20. The van der Waals surface area contributed by atoms with Gasteiger partial charge < -0.3 is 15.5 Å². The van der Waals surface area contributed by atoms with Gasteiger partial charge in [-0.3, -0.25) is 9.59 Å². The molecule has 0 spiro atoms. The number of amides is 2. The molecule has 1 aliphatic carbocycles. The van der Waals surface area contributed by atoms with E-state index in [0.717, 1.165) is 24.9 Å². The molecule has 1 saturated heterocycles. The highest BCUT2D eigenvalue weighted by Crippen LogP contribution is 2.19. The second kappa shape index (κ2) is 10.5. The first kappa shape index (κ1) is 19.9. The minimum absolute atomic E-state index is 0.0303. The molecular weight excluding hydrogens is 338 g/mol. The standard InChI is InChI=1S/C22H33N3O2/c26-21(24-15-14-23-20-10-6-1-2-7-11-20)18-12-16-25(17-13-18)22(27)19-8-4-3-5-9-19/h3-5,8-9,18,20,23H,1-2,6-7,10-17H2,(H,24,26).